The summed E-state index contributed by atoms with van der Waals surface area (Å²) in [5.74, 6) is 0.700. The summed E-state index contributed by atoms with van der Waals surface area (Å²) in [5, 5.41) is 10.1. The predicted molar refractivity (Wildman–Crippen MR) is 70.6 cm³/mol. The van der Waals surface area contributed by atoms with Gasteiger partial charge in [0.15, 0.2) is 5.69 Å². The number of nitrogens with two attached hydrogens (primary N) is 1. The molecule has 98 valence electrons. The van der Waals surface area contributed by atoms with E-state index < -0.39 is 0 Å². The molecule has 0 radical (unpaired) electrons. The molecule has 1 aromatic heterocycles. The third-order valence-corrected chi connectivity index (χ3v) is 2.55. The van der Waals surface area contributed by atoms with Gasteiger partial charge in [-0.25, -0.2) is 0 Å². The Morgan fingerprint density at radius 2 is 2.05 bits per heavy atom. The number of nitrogens with one attached hydrogen (secondary N) is 1. The Bertz CT molecular complexity index is 569. The van der Waals surface area contributed by atoms with Crippen LogP contribution in [0.3, 0.4) is 0 Å². The molecule has 0 spiro atoms. The van der Waals surface area contributed by atoms with Gasteiger partial charge in [-0.1, -0.05) is 18.2 Å². The van der Waals surface area contributed by atoms with E-state index in [1.807, 2.05) is 24.3 Å². The number of anilines is 1. The first-order valence-electron chi connectivity index (χ1n) is 5.70. The molecule has 3 N–H and O–H groups in total. The van der Waals surface area contributed by atoms with Gasteiger partial charge in [0.2, 0.25) is 0 Å². The Morgan fingerprint density at radius 3 is 2.74 bits per heavy atom. The van der Waals surface area contributed by atoms with Gasteiger partial charge in [-0.05, 0) is 18.2 Å². The number of nitrogen functional groups attached to an aromatic ring is 1. The van der Waals surface area contributed by atoms with Crippen molar-refractivity contribution < 1.29 is 9.53 Å². The summed E-state index contributed by atoms with van der Waals surface area (Å²) in [6.07, 6.45) is 0. The molecule has 0 aliphatic carbocycles. The molecule has 0 fully saturated rings. The van der Waals surface area contributed by atoms with E-state index in [0.29, 0.717) is 6.54 Å². The summed E-state index contributed by atoms with van der Waals surface area (Å²) in [6.45, 7) is 0.356. The molecule has 19 heavy (non-hydrogen) atoms. The van der Waals surface area contributed by atoms with Crippen molar-refractivity contribution in [3.05, 3.63) is 47.7 Å². The molecule has 0 bridgehead atoms. The number of hydrogen-bond acceptors (Lipinski definition) is 5. The number of carbonyl (C=O) groups excluding carboxylic acids is 1. The zero-order valence-electron chi connectivity index (χ0n) is 10.5. The van der Waals surface area contributed by atoms with Gasteiger partial charge in [-0.3, -0.25) is 4.79 Å². The molecule has 0 aliphatic rings. The van der Waals surface area contributed by atoms with E-state index in [1.165, 1.54) is 12.1 Å². The van der Waals surface area contributed by atoms with Crippen LogP contribution in [0.2, 0.25) is 0 Å². The van der Waals surface area contributed by atoms with E-state index in [2.05, 4.69) is 15.5 Å². The van der Waals surface area contributed by atoms with Crippen LogP contribution >= 0.6 is 0 Å². The van der Waals surface area contributed by atoms with Crippen LogP contribution in [0.5, 0.6) is 5.75 Å². The van der Waals surface area contributed by atoms with Crippen molar-refractivity contribution >= 4 is 11.7 Å². The SMILES string of the molecule is COc1ccccc1CNC(=O)c1ccc(N)nn1. The highest BCUT2D eigenvalue weighted by atomic mass is 16.5. The molecule has 6 nitrogen and oxygen atoms in total. The fourth-order valence-electron chi connectivity index (χ4n) is 1.58. The Labute approximate surface area is 110 Å². The lowest BCUT2D eigenvalue weighted by atomic mass is 10.2. The molecular formula is C13H14N4O2. The van der Waals surface area contributed by atoms with Gasteiger partial charge in [-0.15, -0.1) is 10.2 Å². The number of para-hydroxylation sites is 1. The molecule has 0 atom stereocenters. The minimum absolute atomic E-state index is 0.226. The summed E-state index contributed by atoms with van der Waals surface area (Å²) < 4.78 is 5.20. The monoisotopic (exact) mass is 258 g/mol. The smallest absolute Gasteiger partial charge is 0.272 e. The maximum absolute atomic E-state index is 11.8. The highest BCUT2D eigenvalue weighted by Gasteiger charge is 2.09. The topological polar surface area (TPSA) is 90.1 Å². The molecule has 0 aliphatic heterocycles. The van der Waals surface area contributed by atoms with Crippen molar-refractivity contribution in [2.75, 3.05) is 12.8 Å². The van der Waals surface area contributed by atoms with E-state index in [-0.39, 0.29) is 17.4 Å². The Hall–Kier alpha value is -2.63. The molecule has 2 rings (SSSR count). The van der Waals surface area contributed by atoms with Crippen LogP contribution in [-0.2, 0) is 6.54 Å². The second-order valence-corrected chi connectivity index (χ2v) is 3.84. The van der Waals surface area contributed by atoms with Crippen LogP contribution in [0.25, 0.3) is 0 Å². The highest BCUT2D eigenvalue weighted by Crippen LogP contribution is 2.16. The predicted octanol–water partition coefficient (Wildman–Crippen LogP) is 0.997. The molecule has 1 aromatic carbocycles. The average Bonchev–Trinajstić information content (AvgIpc) is 2.45. The molecule has 1 heterocycles. The molecule has 1 amide bonds. The third-order valence-electron chi connectivity index (χ3n) is 2.55. The van der Waals surface area contributed by atoms with E-state index in [0.717, 1.165) is 11.3 Å². The number of amides is 1. The first kappa shape index (κ1) is 12.8. The van der Waals surface area contributed by atoms with E-state index in [4.69, 9.17) is 10.5 Å². The van der Waals surface area contributed by atoms with Crippen molar-refractivity contribution in [2.45, 2.75) is 6.54 Å². The zero-order valence-corrected chi connectivity index (χ0v) is 10.5. The fraction of sp³-hybridized carbons (Fsp3) is 0.154. The lowest BCUT2D eigenvalue weighted by Gasteiger charge is -2.09. The van der Waals surface area contributed by atoms with Crippen molar-refractivity contribution in [2.24, 2.45) is 0 Å². The van der Waals surface area contributed by atoms with Crippen LogP contribution in [-0.4, -0.2) is 23.2 Å². The fourth-order valence-corrected chi connectivity index (χ4v) is 1.58. The Balaban J connectivity index is 2.02. The number of ether oxygens (including phenoxy) is 1. The van der Waals surface area contributed by atoms with Gasteiger partial charge >= 0.3 is 0 Å². The van der Waals surface area contributed by atoms with Crippen LogP contribution in [0.1, 0.15) is 16.1 Å². The van der Waals surface area contributed by atoms with Gasteiger partial charge in [0, 0.05) is 12.1 Å². The van der Waals surface area contributed by atoms with Gasteiger partial charge in [0.1, 0.15) is 11.6 Å². The summed E-state index contributed by atoms with van der Waals surface area (Å²) in [7, 11) is 1.59. The quantitative estimate of drug-likeness (QED) is 0.853. The lowest BCUT2D eigenvalue weighted by Crippen LogP contribution is -2.24. The van der Waals surface area contributed by atoms with Crippen molar-refractivity contribution in [3.63, 3.8) is 0 Å². The van der Waals surface area contributed by atoms with E-state index in [9.17, 15) is 4.79 Å². The second-order valence-electron chi connectivity index (χ2n) is 3.84. The van der Waals surface area contributed by atoms with Crippen molar-refractivity contribution in [3.8, 4) is 5.75 Å². The number of hydrogen-bond donors (Lipinski definition) is 2. The minimum Gasteiger partial charge on any atom is -0.496 e. The van der Waals surface area contributed by atoms with Crippen LogP contribution in [0.4, 0.5) is 5.82 Å². The largest absolute Gasteiger partial charge is 0.496 e. The summed E-state index contributed by atoms with van der Waals surface area (Å²) in [4.78, 5) is 11.8. The number of nitrogens with zero attached hydrogens (tertiary/aromatic N) is 2. The Kier molecular flexibility index (Phi) is 3.92. The molecule has 0 saturated carbocycles. The minimum atomic E-state index is -0.307. The number of aromatic nitrogens is 2. The molecule has 2 aromatic rings. The Morgan fingerprint density at radius 1 is 1.26 bits per heavy atom. The average molecular weight is 258 g/mol. The third kappa shape index (κ3) is 3.19. The zero-order chi connectivity index (χ0) is 13.7. The second kappa shape index (κ2) is 5.81. The van der Waals surface area contributed by atoms with Crippen LogP contribution in [0.15, 0.2) is 36.4 Å². The van der Waals surface area contributed by atoms with Crippen molar-refractivity contribution in [1.29, 1.82) is 0 Å². The molecule has 6 heteroatoms. The van der Waals surface area contributed by atoms with Crippen molar-refractivity contribution in [1.82, 2.24) is 15.5 Å². The van der Waals surface area contributed by atoms with Gasteiger partial charge in [0.05, 0.1) is 7.11 Å². The number of methoxy groups -OCH3 is 1. The van der Waals surface area contributed by atoms with E-state index in [1.54, 1.807) is 7.11 Å². The molecular weight excluding hydrogens is 244 g/mol. The number of rotatable bonds is 4. The van der Waals surface area contributed by atoms with E-state index >= 15 is 0 Å². The maximum atomic E-state index is 11.8. The van der Waals surface area contributed by atoms with Crippen LogP contribution in [0, 0.1) is 0 Å². The maximum Gasteiger partial charge on any atom is 0.272 e. The first-order chi connectivity index (χ1) is 9.20. The number of benzene rings is 1. The molecule has 0 saturated heterocycles. The first-order valence-corrected chi connectivity index (χ1v) is 5.70. The van der Waals surface area contributed by atoms with Gasteiger partial charge in [0.25, 0.3) is 5.91 Å². The molecule has 0 unspecified atom stereocenters. The van der Waals surface area contributed by atoms with Gasteiger partial charge in [-0.2, -0.15) is 0 Å². The lowest BCUT2D eigenvalue weighted by molar-refractivity contribution is 0.0944. The summed E-state index contributed by atoms with van der Waals surface area (Å²) in [5.41, 5.74) is 6.52. The standard InChI is InChI=1S/C13H14N4O2/c1-19-11-5-3-2-4-9(11)8-15-13(18)10-6-7-12(14)17-16-10/h2-7H,8H2,1H3,(H2,14,17)(H,15,18). The summed E-state index contributed by atoms with van der Waals surface area (Å²) in [6, 6.07) is 10.5. The normalized spacial score (nSPS) is 9.95. The summed E-state index contributed by atoms with van der Waals surface area (Å²) >= 11 is 0. The van der Waals surface area contributed by atoms with Gasteiger partial charge < -0.3 is 15.8 Å². The highest BCUT2D eigenvalue weighted by molar-refractivity contribution is 5.92. The van der Waals surface area contributed by atoms with Crippen LogP contribution < -0.4 is 15.8 Å². The number of carbonyl (C=O) groups is 1.